The predicted octanol–water partition coefficient (Wildman–Crippen LogP) is 0.724. The number of pyridine rings is 1. The van der Waals surface area contributed by atoms with E-state index in [1.165, 1.54) is 18.5 Å². The summed E-state index contributed by atoms with van der Waals surface area (Å²) in [6.07, 6.45) is 3.42. The highest BCUT2D eigenvalue weighted by Gasteiger charge is 2.29. The molecule has 0 spiro atoms. The molecule has 6 nitrogen and oxygen atoms in total. The number of carbonyl (C=O) groups excluding carboxylic acids is 1. The van der Waals surface area contributed by atoms with Gasteiger partial charge in [0.2, 0.25) is 0 Å². The standard InChI is InChI=1S/C12H14N2O4/c15-10-6-13-3-1-9(10)12(18)14-4-2-8(7-14)5-11(16)17/h1,3,6,8,15H,2,4-5,7H2,(H,16,17). The molecule has 1 aromatic rings. The first-order chi connectivity index (χ1) is 8.58. The number of likely N-dealkylation sites (tertiary alicyclic amines) is 1. The molecule has 1 saturated heterocycles. The fraction of sp³-hybridized carbons (Fsp3) is 0.417. The normalized spacial score (nSPS) is 18.9. The lowest BCUT2D eigenvalue weighted by Gasteiger charge is -2.16. The van der Waals surface area contributed by atoms with Gasteiger partial charge in [-0.05, 0) is 18.4 Å². The molecule has 0 aliphatic carbocycles. The van der Waals surface area contributed by atoms with Crippen LogP contribution in [0.2, 0.25) is 0 Å². The van der Waals surface area contributed by atoms with Crippen molar-refractivity contribution < 1.29 is 19.8 Å². The molecule has 1 aliphatic rings. The van der Waals surface area contributed by atoms with Gasteiger partial charge in [-0.2, -0.15) is 0 Å². The van der Waals surface area contributed by atoms with E-state index in [1.54, 1.807) is 4.90 Å². The lowest BCUT2D eigenvalue weighted by atomic mass is 10.1. The highest BCUT2D eigenvalue weighted by molar-refractivity contribution is 5.96. The van der Waals surface area contributed by atoms with Crippen LogP contribution in [0.15, 0.2) is 18.5 Å². The summed E-state index contributed by atoms with van der Waals surface area (Å²) in [7, 11) is 0. The quantitative estimate of drug-likeness (QED) is 0.825. The molecule has 6 heteroatoms. The van der Waals surface area contributed by atoms with E-state index in [0.717, 1.165) is 0 Å². The molecular formula is C12H14N2O4. The SMILES string of the molecule is O=C(O)CC1CCN(C(=O)c2ccncc2O)C1. The summed E-state index contributed by atoms with van der Waals surface area (Å²) >= 11 is 0. The van der Waals surface area contributed by atoms with Crippen molar-refractivity contribution in [3.8, 4) is 5.75 Å². The Bertz CT molecular complexity index is 475. The van der Waals surface area contributed by atoms with Gasteiger partial charge in [-0.15, -0.1) is 0 Å². The minimum absolute atomic E-state index is 0.00423. The molecule has 18 heavy (non-hydrogen) atoms. The second-order valence-electron chi connectivity index (χ2n) is 4.40. The summed E-state index contributed by atoms with van der Waals surface area (Å²) < 4.78 is 0. The first-order valence-electron chi connectivity index (χ1n) is 5.72. The third-order valence-electron chi connectivity index (χ3n) is 3.07. The first kappa shape index (κ1) is 12.3. The van der Waals surface area contributed by atoms with E-state index in [2.05, 4.69) is 4.98 Å². The maximum Gasteiger partial charge on any atom is 0.303 e. The van der Waals surface area contributed by atoms with Gasteiger partial charge < -0.3 is 15.1 Å². The Labute approximate surface area is 104 Å². The molecule has 1 unspecified atom stereocenters. The maximum atomic E-state index is 12.1. The zero-order valence-electron chi connectivity index (χ0n) is 9.74. The van der Waals surface area contributed by atoms with Crippen molar-refractivity contribution in [3.63, 3.8) is 0 Å². The molecule has 1 aromatic heterocycles. The maximum absolute atomic E-state index is 12.1. The molecule has 1 aliphatic heterocycles. The molecule has 96 valence electrons. The lowest BCUT2D eigenvalue weighted by molar-refractivity contribution is -0.138. The third kappa shape index (κ3) is 2.58. The highest BCUT2D eigenvalue weighted by Crippen LogP contribution is 2.24. The number of rotatable bonds is 3. The van der Waals surface area contributed by atoms with Crippen LogP contribution in [0.25, 0.3) is 0 Å². The zero-order valence-corrected chi connectivity index (χ0v) is 9.74. The summed E-state index contributed by atoms with van der Waals surface area (Å²) in [5, 5.41) is 18.3. The Morgan fingerprint density at radius 2 is 2.28 bits per heavy atom. The molecule has 0 aromatic carbocycles. The van der Waals surface area contributed by atoms with Gasteiger partial charge in [-0.25, -0.2) is 0 Å². The van der Waals surface area contributed by atoms with Crippen molar-refractivity contribution in [2.75, 3.05) is 13.1 Å². The van der Waals surface area contributed by atoms with Crippen LogP contribution < -0.4 is 0 Å². The van der Waals surface area contributed by atoms with Gasteiger partial charge in [-0.1, -0.05) is 0 Å². The van der Waals surface area contributed by atoms with Crippen LogP contribution in [0.3, 0.4) is 0 Å². The summed E-state index contributed by atoms with van der Waals surface area (Å²) in [5.74, 6) is -1.27. The van der Waals surface area contributed by atoms with Crippen LogP contribution in [0, 0.1) is 5.92 Å². The fourth-order valence-corrected chi connectivity index (χ4v) is 2.17. The number of aromatic nitrogens is 1. The van der Waals surface area contributed by atoms with Crippen molar-refractivity contribution in [2.45, 2.75) is 12.8 Å². The Morgan fingerprint density at radius 3 is 2.94 bits per heavy atom. The molecular weight excluding hydrogens is 236 g/mol. The van der Waals surface area contributed by atoms with Crippen LogP contribution in [-0.4, -0.2) is 45.1 Å². The molecule has 2 heterocycles. The highest BCUT2D eigenvalue weighted by atomic mass is 16.4. The smallest absolute Gasteiger partial charge is 0.303 e. The van der Waals surface area contributed by atoms with E-state index in [0.29, 0.717) is 19.5 Å². The topological polar surface area (TPSA) is 90.7 Å². The number of hydrogen-bond donors (Lipinski definition) is 2. The summed E-state index contributed by atoms with van der Waals surface area (Å²) in [4.78, 5) is 28.0. The van der Waals surface area contributed by atoms with Crippen molar-refractivity contribution >= 4 is 11.9 Å². The Hall–Kier alpha value is -2.11. The third-order valence-corrected chi connectivity index (χ3v) is 3.07. The number of nitrogens with zero attached hydrogens (tertiary/aromatic N) is 2. The molecule has 0 radical (unpaired) electrons. The van der Waals surface area contributed by atoms with Gasteiger partial charge in [0.15, 0.2) is 0 Å². The van der Waals surface area contributed by atoms with Crippen LogP contribution in [0.1, 0.15) is 23.2 Å². The van der Waals surface area contributed by atoms with E-state index >= 15 is 0 Å². The van der Waals surface area contributed by atoms with E-state index in [4.69, 9.17) is 5.11 Å². The van der Waals surface area contributed by atoms with E-state index in [9.17, 15) is 14.7 Å². The largest absolute Gasteiger partial charge is 0.505 e. The Morgan fingerprint density at radius 1 is 1.50 bits per heavy atom. The molecule has 1 amide bonds. The van der Waals surface area contributed by atoms with Crippen LogP contribution in [-0.2, 0) is 4.79 Å². The summed E-state index contributed by atoms with van der Waals surface area (Å²) in [5.41, 5.74) is 0.209. The number of aromatic hydroxyl groups is 1. The number of carbonyl (C=O) groups is 2. The molecule has 2 rings (SSSR count). The van der Waals surface area contributed by atoms with Gasteiger partial charge in [0.1, 0.15) is 5.75 Å². The molecule has 2 N–H and O–H groups in total. The van der Waals surface area contributed by atoms with Gasteiger partial charge in [0.25, 0.3) is 5.91 Å². The molecule has 1 atom stereocenters. The van der Waals surface area contributed by atoms with E-state index in [1.807, 2.05) is 0 Å². The zero-order chi connectivity index (χ0) is 13.1. The van der Waals surface area contributed by atoms with Crippen molar-refractivity contribution in [1.29, 1.82) is 0 Å². The number of carboxylic acid groups (broad SMARTS) is 1. The van der Waals surface area contributed by atoms with E-state index in [-0.39, 0.29) is 29.6 Å². The Balaban J connectivity index is 2.04. The molecule has 0 bridgehead atoms. The van der Waals surface area contributed by atoms with Crippen LogP contribution in [0.5, 0.6) is 5.75 Å². The van der Waals surface area contributed by atoms with Crippen LogP contribution >= 0.6 is 0 Å². The monoisotopic (exact) mass is 250 g/mol. The van der Waals surface area contributed by atoms with Gasteiger partial charge in [0.05, 0.1) is 11.8 Å². The lowest BCUT2D eigenvalue weighted by Crippen LogP contribution is -2.29. The van der Waals surface area contributed by atoms with Crippen molar-refractivity contribution in [3.05, 3.63) is 24.0 Å². The molecule has 0 saturated carbocycles. The number of hydrogen-bond acceptors (Lipinski definition) is 4. The second kappa shape index (κ2) is 5.03. The van der Waals surface area contributed by atoms with Crippen molar-refractivity contribution in [2.24, 2.45) is 5.92 Å². The number of carboxylic acids is 1. The Kier molecular flexibility index (Phi) is 3.45. The van der Waals surface area contributed by atoms with Crippen molar-refractivity contribution in [1.82, 2.24) is 9.88 Å². The van der Waals surface area contributed by atoms with Gasteiger partial charge in [-0.3, -0.25) is 14.6 Å². The van der Waals surface area contributed by atoms with Gasteiger partial charge >= 0.3 is 5.97 Å². The minimum atomic E-state index is -0.846. The fourth-order valence-electron chi connectivity index (χ4n) is 2.17. The second-order valence-corrected chi connectivity index (χ2v) is 4.40. The number of aliphatic carboxylic acids is 1. The van der Waals surface area contributed by atoms with E-state index < -0.39 is 5.97 Å². The van der Waals surface area contributed by atoms with Crippen LogP contribution in [0.4, 0.5) is 0 Å². The summed E-state index contributed by atoms with van der Waals surface area (Å²) in [6, 6.07) is 1.46. The number of amides is 1. The summed E-state index contributed by atoms with van der Waals surface area (Å²) in [6.45, 7) is 0.950. The average molecular weight is 250 g/mol. The predicted molar refractivity (Wildman–Crippen MR) is 62.2 cm³/mol. The average Bonchev–Trinajstić information content (AvgIpc) is 2.76. The van der Waals surface area contributed by atoms with Gasteiger partial charge in [0, 0.05) is 25.7 Å². The molecule has 1 fully saturated rings. The first-order valence-corrected chi connectivity index (χ1v) is 5.72. The minimum Gasteiger partial charge on any atom is -0.505 e.